The van der Waals surface area contributed by atoms with Crippen molar-refractivity contribution in [3.8, 4) is 5.69 Å². The maximum Gasteiger partial charge on any atom is 0.227 e. The average molecular weight is 298 g/mol. The summed E-state index contributed by atoms with van der Waals surface area (Å²) in [5.41, 5.74) is 1.92. The molecule has 22 heavy (non-hydrogen) atoms. The van der Waals surface area contributed by atoms with Crippen molar-refractivity contribution in [2.45, 2.75) is 31.3 Å². The molecule has 2 aromatic rings. The van der Waals surface area contributed by atoms with Gasteiger partial charge in [-0.2, -0.15) is 0 Å². The topological polar surface area (TPSA) is 75.9 Å². The van der Waals surface area contributed by atoms with Gasteiger partial charge < -0.3 is 10.2 Å². The lowest BCUT2D eigenvalue weighted by Crippen LogP contribution is -2.62. The van der Waals surface area contributed by atoms with E-state index in [9.17, 15) is 4.79 Å². The first kappa shape index (κ1) is 13.4. The minimum atomic E-state index is 0.228. The molecule has 1 amide bonds. The van der Waals surface area contributed by atoms with Crippen LogP contribution in [0.5, 0.6) is 0 Å². The van der Waals surface area contributed by atoms with E-state index in [1.165, 1.54) is 6.42 Å². The lowest BCUT2D eigenvalue weighted by Gasteiger charge is -2.46. The lowest BCUT2D eigenvalue weighted by molar-refractivity contribution is -0.136. The van der Waals surface area contributed by atoms with Gasteiger partial charge in [-0.1, -0.05) is 12.1 Å². The third-order valence-electron chi connectivity index (χ3n) is 4.57. The van der Waals surface area contributed by atoms with Crippen molar-refractivity contribution in [3.05, 3.63) is 36.2 Å². The minimum Gasteiger partial charge on any atom is -0.337 e. The molecule has 1 aromatic carbocycles. The van der Waals surface area contributed by atoms with Crippen molar-refractivity contribution in [2.75, 3.05) is 13.1 Å². The standard InChI is InChI=1S/C15H18N6O/c22-15(20-9-12-3-6-14(20)8-16-12)7-11-1-4-13(5-2-11)21-10-17-18-19-21/h1-2,4-5,10,12,14,16H,3,6-9H2. The predicted octanol–water partition coefficient (Wildman–Crippen LogP) is 0.168. The van der Waals surface area contributed by atoms with Crippen LogP contribution in [-0.4, -0.2) is 56.2 Å². The average Bonchev–Trinajstić information content (AvgIpc) is 3.11. The lowest BCUT2D eigenvalue weighted by atomic mass is 9.92. The number of nitrogens with zero attached hydrogens (tertiary/aromatic N) is 5. The van der Waals surface area contributed by atoms with Crippen molar-refractivity contribution >= 4 is 5.91 Å². The molecule has 0 saturated carbocycles. The van der Waals surface area contributed by atoms with Gasteiger partial charge in [0.1, 0.15) is 6.33 Å². The highest BCUT2D eigenvalue weighted by molar-refractivity contribution is 5.79. The van der Waals surface area contributed by atoms with Crippen LogP contribution in [0.1, 0.15) is 18.4 Å². The van der Waals surface area contributed by atoms with E-state index in [1.54, 1.807) is 11.0 Å². The quantitative estimate of drug-likeness (QED) is 0.874. The van der Waals surface area contributed by atoms with Gasteiger partial charge in [-0.05, 0) is 41.0 Å². The Bertz CT molecular complexity index is 645. The Labute approximate surface area is 128 Å². The second kappa shape index (κ2) is 5.49. The number of piperazine rings is 1. The van der Waals surface area contributed by atoms with Crippen molar-refractivity contribution in [1.82, 2.24) is 30.4 Å². The van der Waals surface area contributed by atoms with Crippen LogP contribution in [0.25, 0.3) is 5.69 Å². The van der Waals surface area contributed by atoms with Crippen molar-refractivity contribution in [3.63, 3.8) is 0 Å². The first-order chi connectivity index (χ1) is 10.8. The van der Waals surface area contributed by atoms with Crippen LogP contribution in [0.3, 0.4) is 0 Å². The van der Waals surface area contributed by atoms with E-state index in [1.807, 2.05) is 24.3 Å². The molecule has 2 bridgehead atoms. The Morgan fingerprint density at radius 2 is 2.14 bits per heavy atom. The smallest absolute Gasteiger partial charge is 0.227 e. The Kier molecular flexibility index (Phi) is 3.34. The van der Waals surface area contributed by atoms with Gasteiger partial charge in [-0.15, -0.1) is 5.10 Å². The predicted molar refractivity (Wildman–Crippen MR) is 79.4 cm³/mol. The van der Waals surface area contributed by atoms with Gasteiger partial charge in [0.25, 0.3) is 0 Å². The van der Waals surface area contributed by atoms with Gasteiger partial charge in [0.2, 0.25) is 5.91 Å². The largest absolute Gasteiger partial charge is 0.337 e. The maximum absolute atomic E-state index is 12.5. The van der Waals surface area contributed by atoms with Gasteiger partial charge >= 0.3 is 0 Å². The number of benzene rings is 1. The zero-order valence-corrected chi connectivity index (χ0v) is 12.2. The van der Waals surface area contributed by atoms with Crippen LogP contribution in [0, 0.1) is 0 Å². The summed E-state index contributed by atoms with van der Waals surface area (Å²) in [7, 11) is 0. The van der Waals surface area contributed by atoms with Crippen LogP contribution < -0.4 is 5.32 Å². The van der Waals surface area contributed by atoms with E-state index in [-0.39, 0.29) is 5.91 Å². The SMILES string of the molecule is O=C(Cc1ccc(-n2cnnn2)cc1)N1CC2CCC1CN2. The minimum absolute atomic E-state index is 0.228. The van der Waals surface area contributed by atoms with Gasteiger partial charge in [-0.3, -0.25) is 4.79 Å². The van der Waals surface area contributed by atoms with Crippen molar-refractivity contribution in [2.24, 2.45) is 0 Å². The number of tetrazole rings is 1. The first-order valence-electron chi connectivity index (χ1n) is 7.65. The molecule has 5 rings (SSSR count). The second-order valence-electron chi connectivity index (χ2n) is 5.98. The van der Waals surface area contributed by atoms with Crippen LogP contribution in [0.4, 0.5) is 0 Å². The summed E-state index contributed by atoms with van der Waals surface area (Å²) in [6.07, 6.45) is 4.33. The Balaban J connectivity index is 1.44. The molecule has 1 N–H and O–H groups in total. The molecule has 2 atom stereocenters. The second-order valence-corrected chi connectivity index (χ2v) is 5.98. The number of piperidine rings is 2. The fraction of sp³-hybridized carbons (Fsp3) is 0.467. The van der Waals surface area contributed by atoms with E-state index < -0.39 is 0 Å². The zero-order chi connectivity index (χ0) is 14.9. The Hall–Kier alpha value is -2.28. The third-order valence-corrected chi connectivity index (χ3v) is 4.57. The Morgan fingerprint density at radius 3 is 2.73 bits per heavy atom. The molecule has 7 nitrogen and oxygen atoms in total. The van der Waals surface area contributed by atoms with Gasteiger partial charge in [0, 0.05) is 25.2 Å². The molecule has 0 radical (unpaired) electrons. The molecular formula is C15H18N6O. The van der Waals surface area contributed by atoms with Crippen molar-refractivity contribution in [1.29, 1.82) is 0 Å². The molecule has 1 aromatic heterocycles. The fourth-order valence-electron chi connectivity index (χ4n) is 3.34. The van der Waals surface area contributed by atoms with E-state index in [0.29, 0.717) is 18.5 Å². The highest BCUT2D eigenvalue weighted by atomic mass is 16.2. The number of carbonyl (C=O) groups excluding carboxylic acids is 1. The van der Waals surface area contributed by atoms with Gasteiger partial charge in [0.15, 0.2) is 0 Å². The summed E-state index contributed by atoms with van der Waals surface area (Å²) in [5, 5.41) is 14.6. The van der Waals surface area contributed by atoms with Crippen LogP contribution in [0.15, 0.2) is 30.6 Å². The maximum atomic E-state index is 12.5. The van der Waals surface area contributed by atoms with Crippen LogP contribution >= 0.6 is 0 Å². The molecule has 114 valence electrons. The van der Waals surface area contributed by atoms with E-state index in [2.05, 4.69) is 25.7 Å². The highest BCUT2D eigenvalue weighted by Gasteiger charge is 2.35. The number of carbonyl (C=O) groups is 1. The molecule has 3 saturated heterocycles. The molecule has 4 heterocycles. The molecule has 3 aliphatic heterocycles. The molecule has 0 aliphatic carbocycles. The van der Waals surface area contributed by atoms with E-state index in [4.69, 9.17) is 0 Å². The molecule has 3 aliphatic rings. The summed E-state index contributed by atoms with van der Waals surface area (Å²) in [5.74, 6) is 0.228. The van der Waals surface area contributed by atoms with E-state index in [0.717, 1.165) is 30.8 Å². The normalized spacial score (nSPS) is 23.7. The molecule has 3 fully saturated rings. The highest BCUT2D eigenvalue weighted by Crippen LogP contribution is 2.23. The third kappa shape index (κ3) is 2.48. The monoisotopic (exact) mass is 298 g/mol. The number of aromatic nitrogens is 4. The number of hydrogen-bond acceptors (Lipinski definition) is 5. The summed E-state index contributed by atoms with van der Waals surface area (Å²) < 4.78 is 1.60. The Morgan fingerprint density at radius 1 is 1.27 bits per heavy atom. The summed E-state index contributed by atoms with van der Waals surface area (Å²) >= 11 is 0. The summed E-state index contributed by atoms with van der Waals surface area (Å²) in [4.78, 5) is 14.6. The summed E-state index contributed by atoms with van der Waals surface area (Å²) in [6.45, 7) is 1.79. The summed E-state index contributed by atoms with van der Waals surface area (Å²) in [6, 6.07) is 8.66. The van der Waals surface area contributed by atoms with Crippen LogP contribution in [0.2, 0.25) is 0 Å². The molecule has 7 heteroatoms. The number of fused-ring (bicyclic) bond motifs is 3. The number of nitrogens with one attached hydrogen (secondary N) is 1. The molecule has 0 spiro atoms. The number of amides is 1. The van der Waals surface area contributed by atoms with Crippen molar-refractivity contribution < 1.29 is 4.79 Å². The van der Waals surface area contributed by atoms with Gasteiger partial charge in [-0.25, -0.2) is 4.68 Å². The van der Waals surface area contributed by atoms with Crippen LogP contribution in [-0.2, 0) is 11.2 Å². The number of rotatable bonds is 3. The molecule has 2 unspecified atom stereocenters. The molecular weight excluding hydrogens is 280 g/mol. The first-order valence-corrected chi connectivity index (χ1v) is 7.65. The fourth-order valence-corrected chi connectivity index (χ4v) is 3.34. The zero-order valence-electron chi connectivity index (χ0n) is 12.2. The van der Waals surface area contributed by atoms with Gasteiger partial charge in [0.05, 0.1) is 12.1 Å². The number of hydrogen-bond donors (Lipinski definition) is 1. The van der Waals surface area contributed by atoms with E-state index >= 15 is 0 Å².